The van der Waals surface area contributed by atoms with Crippen LogP contribution in [0.4, 0.5) is 24.8 Å². The highest BCUT2D eigenvalue weighted by Crippen LogP contribution is 2.43. The Kier molecular flexibility index (Phi) is 7.11. The van der Waals surface area contributed by atoms with Gasteiger partial charge in [0, 0.05) is 36.7 Å². The van der Waals surface area contributed by atoms with Crippen LogP contribution in [0.3, 0.4) is 0 Å². The number of amides is 1. The molecule has 190 valence electrons. The minimum Gasteiger partial charge on any atom is -0.438 e. The van der Waals surface area contributed by atoms with Crippen molar-refractivity contribution in [2.24, 2.45) is 0 Å². The fourth-order valence-corrected chi connectivity index (χ4v) is 3.99. The molecule has 2 N–H and O–H groups in total. The zero-order valence-corrected chi connectivity index (χ0v) is 19.9. The van der Waals surface area contributed by atoms with Gasteiger partial charge in [0.2, 0.25) is 11.8 Å². The molecule has 0 radical (unpaired) electrons. The molecule has 36 heavy (non-hydrogen) atoms. The van der Waals surface area contributed by atoms with E-state index in [1.807, 2.05) is 18.0 Å². The molecule has 1 amide bonds. The molecule has 1 aliphatic heterocycles. The maximum Gasteiger partial charge on any atom is 0.423 e. The molecule has 0 fully saturated rings. The van der Waals surface area contributed by atoms with E-state index >= 15 is 0 Å². The van der Waals surface area contributed by atoms with E-state index in [-0.39, 0.29) is 11.7 Å². The highest BCUT2D eigenvalue weighted by Gasteiger charge is 2.38. The Labute approximate surface area is 205 Å². The summed E-state index contributed by atoms with van der Waals surface area (Å²) < 4.78 is 52.6. The summed E-state index contributed by atoms with van der Waals surface area (Å²) in [5.74, 6) is -0.984. The molecule has 3 aromatic rings. The van der Waals surface area contributed by atoms with Crippen molar-refractivity contribution in [3.05, 3.63) is 70.4 Å². The summed E-state index contributed by atoms with van der Waals surface area (Å²) in [5, 5.41) is 2.89. The lowest BCUT2D eigenvalue weighted by molar-refractivity contribution is -0.139. The molecule has 9 nitrogen and oxygen atoms in total. The zero-order valence-electron chi connectivity index (χ0n) is 19.9. The summed E-state index contributed by atoms with van der Waals surface area (Å²) in [5.41, 5.74) is 4.10. The van der Waals surface area contributed by atoms with Crippen LogP contribution >= 0.6 is 0 Å². The SMILES string of the molecule is CONC(=O)c1ccc(Nc2ncc(C(F)(F)F)c(Oc3cccc4c3C(OC)N(C)C4)n2)c(C)c1. The Morgan fingerprint density at radius 2 is 1.97 bits per heavy atom. The minimum atomic E-state index is -4.74. The van der Waals surface area contributed by atoms with Crippen LogP contribution < -0.4 is 15.5 Å². The number of halogens is 3. The fourth-order valence-electron chi connectivity index (χ4n) is 3.99. The van der Waals surface area contributed by atoms with Crippen molar-refractivity contribution in [1.29, 1.82) is 0 Å². The molecule has 1 aromatic heterocycles. The number of carbonyl (C=O) groups excluding carboxylic acids is 1. The molecule has 0 spiro atoms. The van der Waals surface area contributed by atoms with Gasteiger partial charge in [0.05, 0.1) is 7.11 Å². The van der Waals surface area contributed by atoms with Gasteiger partial charge in [0.1, 0.15) is 17.5 Å². The van der Waals surface area contributed by atoms with Crippen LogP contribution in [0.1, 0.15) is 38.8 Å². The van der Waals surface area contributed by atoms with Gasteiger partial charge in [-0.05, 0) is 49.4 Å². The number of carbonyl (C=O) groups is 1. The fraction of sp³-hybridized carbons (Fsp3) is 0.292. The molecular weight excluding hydrogens is 479 g/mol. The Balaban J connectivity index is 1.68. The average Bonchev–Trinajstić information content (AvgIpc) is 3.15. The number of aryl methyl sites for hydroxylation is 1. The number of anilines is 2. The normalized spacial score (nSPS) is 15.5. The zero-order chi connectivity index (χ0) is 26.0. The van der Waals surface area contributed by atoms with Crippen LogP contribution in [0, 0.1) is 6.92 Å². The first-order valence-electron chi connectivity index (χ1n) is 10.8. The lowest BCUT2D eigenvalue weighted by Crippen LogP contribution is -2.21. The second-order valence-corrected chi connectivity index (χ2v) is 8.13. The molecular formula is C24H24F3N5O4. The number of benzene rings is 2. The average molecular weight is 503 g/mol. The van der Waals surface area contributed by atoms with E-state index in [4.69, 9.17) is 9.47 Å². The molecule has 4 rings (SSSR count). The number of nitrogens with one attached hydrogen (secondary N) is 2. The number of fused-ring (bicyclic) bond motifs is 1. The number of ether oxygens (including phenoxy) is 2. The van der Waals surface area contributed by atoms with Gasteiger partial charge in [-0.1, -0.05) is 12.1 Å². The molecule has 0 aliphatic carbocycles. The molecule has 0 saturated carbocycles. The summed E-state index contributed by atoms with van der Waals surface area (Å²) in [6.07, 6.45) is -4.54. The van der Waals surface area contributed by atoms with E-state index in [9.17, 15) is 18.0 Å². The van der Waals surface area contributed by atoms with Gasteiger partial charge >= 0.3 is 6.18 Å². The van der Waals surface area contributed by atoms with Crippen molar-refractivity contribution in [3.8, 4) is 11.6 Å². The number of rotatable bonds is 7. The van der Waals surface area contributed by atoms with Crippen molar-refractivity contribution in [2.45, 2.75) is 25.9 Å². The molecule has 2 heterocycles. The van der Waals surface area contributed by atoms with Gasteiger partial charge in [-0.25, -0.2) is 10.5 Å². The third kappa shape index (κ3) is 5.10. The predicted octanol–water partition coefficient (Wildman–Crippen LogP) is 4.72. The standard InChI is InChI=1S/C24H24F3N5O4/c1-13-10-14(20(33)31-35-4)8-9-17(13)29-23-28-11-16(24(25,26)27)21(30-23)36-18-7-5-6-15-12-32(2)22(34-3)19(15)18/h5-11,22H,12H2,1-4H3,(H,31,33)(H,28,29,30). The van der Waals surface area contributed by atoms with E-state index in [0.29, 0.717) is 35.1 Å². The van der Waals surface area contributed by atoms with Gasteiger partial charge in [0.15, 0.2) is 0 Å². The monoisotopic (exact) mass is 503 g/mol. The van der Waals surface area contributed by atoms with Crippen molar-refractivity contribution in [2.75, 3.05) is 26.6 Å². The van der Waals surface area contributed by atoms with E-state index < -0.39 is 29.8 Å². The van der Waals surface area contributed by atoms with Crippen molar-refractivity contribution < 1.29 is 32.3 Å². The number of alkyl halides is 3. The molecule has 0 bridgehead atoms. The third-order valence-corrected chi connectivity index (χ3v) is 5.64. The number of hydrogen-bond donors (Lipinski definition) is 2. The first-order chi connectivity index (χ1) is 17.1. The number of methoxy groups -OCH3 is 1. The molecule has 1 aliphatic rings. The predicted molar refractivity (Wildman–Crippen MR) is 124 cm³/mol. The van der Waals surface area contributed by atoms with E-state index in [1.165, 1.54) is 20.3 Å². The summed E-state index contributed by atoms with van der Waals surface area (Å²) in [7, 11) is 4.69. The lowest BCUT2D eigenvalue weighted by Gasteiger charge is -2.21. The highest BCUT2D eigenvalue weighted by atomic mass is 19.4. The largest absolute Gasteiger partial charge is 0.438 e. The number of hydrogen-bond acceptors (Lipinski definition) is 8. The second-order valence-electron chi connectivity index (χ2n) is 8.13. The minimum absolute atomic E-state index is 0.108. The Bertz CT molecular complexity index is 1290. The summed E-state index contributed by atoms with van der Waals surface area (Å²) in [6, 6.07) is 9.86. The molecule has 1 atom stereocenters. The number of nitrogens with zero attached hydrogens (tertiary/aromatic N) is 3. The van der Waals surface area contributed by atoms with Crippen molar-refractivity contribution in [3.63, 3.8) is 0 Å². The maximum absolute atomic E-state index is 13.8. The van der Waals surface area contributed by atoms with Crippen LogP contribution in [-0.4, -0.2) is 42.0 Å². The topological polar surface area (TPSA) is 97.8 Å². The maximum atomic E-state index is 13.8. The van der Waals surface area contributed by atoms with Crippen molar-refractivity contribution in [1.82, 2.24) is 20.3 Å². The summed E-state index contributed by atoms with van der Waals surface area (Å²) in [6.45, 7) is 2.29. The summed E-state index contributed by atoms with van der Waals surface area (Å²) >= 11 is 0. The Morgan fingerprint density at radius 1 is 1.19 bits per heavy atom. The number of aromatic nitrogens is 2. The van der Waals surface area contributed by atoms with Crippen LogP contribution in [0.25, 0.3) is 0 Å². The first kappa shape index (κ1) is 25.4. The van der Waals surface area contributed by atoms with E-state index in [0.717, 1.165) is 5.56 Å². The van der Waals surface area contributed by atoms with Gasteiger partial charge < -0.3 is 14.8 Å². The Hall–Kier alpha value is -3.74. The van der Waals surface area contributed by atoms with E-state index in [2.05, 4.69) is 25.6 Å². The lowest BCUT2D eigenvalue weighted by atomic mass is 10.1. The van der Waals surface area contributed by atoms with Gasteiger partial charge in [-0.15, -0.1) is 0 Å². The van der Waals surface area contributed by atoms with Gasteiger partial charge in [-0.3, -0.25) is 14.5 Å². The molecule has 1 unspecified atom stereocenters. The van der Waals surface area contributed by atoms with Crippen molar-refractivity contribution >= 4 is 17.5 Å². The third-order valence-electron chi connectivity index (χ3n) is 5.64. The quantitative estimate of drug-likeness (QED) is 0.447. The second kappa shape index (κ2) is 10.1. The smallest absolute Gasteiger partial charge is 0.423 e. The van der Waals surface area contributed by atoms with Crippen LogP contribution in [-0.2, 0) is 22.3 Å². The van der Waals surface area contributed by atoms with E-state index in [1.54, 1.807) is 31.2 Å². The van der Waals surface area contributed by atoms with Crippen LogP contribution in [0.5, 0.6) is 11.6 Å². The molecule has 2 aromatic carbocycles. The van der Waals surface area contributed by atoms with Crippen LogP contribution in [0.2, 0.25) is 0 Å². The summed E-state index contributed by atoms with van der Waals surface area (Å²) in [4.78, 5) is 26.3. The van der Waals surface area contributed by atoms with Gasteiger partial charge in [0.25, 0.3) is 5.91 Å². The first-order valence-corrected chi connectivity index (χ1v) is 10.8. The Morgan fingerprint density at radius 3 is 2.64 bits per heavy atom. The highest BCUT2D eigenvalue weighted by molar-refractivity contribution is 5.94. The van der Waals surface area contributed by atoms with Crippen LogP contribution in [0.15, 0.2) is 42.6 Å². The molecule has 12 heteroatoms. The molecule has 0 saturated heterocycles. The number of hydroxylamine groups is 1. The van der Waals surface area contributed by atoms with Gasteiger partial charge in [-0.2, -0.15) is 18.2 Å².